The van der Waals surface area contributed by atoms with Crippen molar-refractivity contribution in [3.05, 3.63) is 142 Å². The summed E-state index contributed by atoms with van der Waals surface area (Å²) in [7, 11) is 0. The molecule has 0 aromatic heterocycles. The third-order valence-electron chi connectivity index (χ3n) is 34.2. The lowest BCUT2D eigenvalue weighted by Gasteiger charge is -2.60. The van der Waals surface area contributed by atoms with Gasteiger partial charge in [0.25, 0.3) is 0 Å². The van der Waals surface area contributed by atoms with Crippen LogP contribution in [0.4, 0.5) is 0 Å². The molecule has 11 heteroatoms. The minimum absolute atomic E-state index is 0.356. The van der Waals surface area contributed by atoms with Gasteiger partial charge in [-0.25, -0.2) is 0 Å². The Morgan fingerprint density at radius 3 is 1.37 bits per heavy atom. The average molecular weight is 1870 g/mol. The van der Waals surface area contributed by atoms with Gasteiger partial charge in [0, 0.05) is 118 Å². The molecule has 0 aliphatic heterocycles. The van der Waals surface area contributed by atoms with E-state index in [1.807, 2.05) is 20.8 Å². The molecule has 0 N–H and O–H groups in total. The van der Waals surface area contributed by atoms with Crippen LogP contribution < -0.4 is 0 Å². The fourth-order valence-corrected chi connectivity index (χ4v) is 25.2. The molecule has 10 fully saturated rings. The highest BCUT2D eigenvalue weighted by molar-refractivity contribution is 5.34. The van der Waals surface area contributed by atoms with Gasteiger partial charge in [-0.15, -0.1) is 0 Å². The van der Waals surface area contributed by atoms with Crippen LogP contribution in [0.15, 0.2) is 97.1 Å². The largest absolute Gasteiger partial charge is 0.382 e. The first-order valence-corrected chi connectivity index (χ1v) is 55.6. The van der Waals surface area contributed by atoms with E-state index in [9.17, 15) is 0 Å². The van der Waals surface area contributed by atoms with Crippen molar-refractivity contribution in [1.82, 2.24) is 0 Å². The quantitative estimate of drug-likeness (QED) is 0.0437. The molecule has 4 aromatic rings. The van der Waals surface area contributed by atoms with E-state index in [4.69, 9.17) is 52.1 Å². The van der Waals surface area contributed by atoms with Crippen molar-refractivity contribution >= 4 is 0 Å². The van der Waals surface area contributed by atoms with Crippen LogP contribution in [0.25, 0.3) is 0 Å². The number of rotatable bonds is 32. The van der Waals surface area contributed by atoms with Crippen molar-refractivity contribution in [2.75, 3.05) is 119 Å². The lowest BCUT2D eigenvalue weighted by molar-refractivity contribution is -0.123. The smallest absolute Gasteiger partial charge is 0.0827 e. The molecule has 14 aliphatic carbocycles. The highest BCUT2D eigenvalue weighted by Crippen LogP contribution is 2.67. The molecule has 0 radical (unpaired) electrons. The first kappa shape index (κ1) is 119. The first-order chi connectivity index (χ1) is 63.8. The minimum Gasteiger partial charge on any atom is -0.382 e. The zero-order valence-corrected chi connectivity index (χ0v) is 92.8. The fraction of sp³-hybridized carbons (Fsp3) is 0.805. The van der Waals surface area contributed by atoms with Gasteiger partial charge in [0.2, 0.25) is 0 Å². The minimum atomic E-state index is 0.356. The molecule has 14 aliphatic rings. The fourth-order valence-electron chi connectivity index (χ4n) is 25.2. The maximum Gasteiger partial charge on any atom is 0.0827 e. The second-order valence-corrected chi connectivity index (χ2v) is 47.3. The third kappa shape index (κ3) is 37.0. The van der Waals surface area contributed by atoms with Crippen molar-refractivity contribution in [2.45, 2.75) is 411 Å². The molecule has 4 aromatic carbocycles. The second kappa shape index (κ2) is 60.1. The predicted molar refractivity (Wildman–Crippen MR) is 569 cm³/mol. The number of hydrogen-bond acceptors (Lipinski definition) is 11. The number of fused-ring (bicyclic) bond motifs is 12. The second-order valence-electron chi connectivity index (χ2n) is 47.3. The van der Waals surface area contributed by atoms with E-state index in [-0.39, 0.29) is 0 Å². The number of ether oxygens (including phenoxy) is 11. The van der Waals surface area contributed by atoms with Gasteiger partial charge in [-0.1, -0.05) is 235 Å². The van der Waals surface area contributed by atoms with Crippen LogP contribution in [0, 0.1) is 108 Å². The highest BCUT2D eigenvalue weighted by atomic mass is 16.5. The summed E-state index contributed by atoms with van der Waals surface area (Å²) < 4.78 is 61.0. The molecule has 11 nitrogen and oxygen atoms in total. The Labute approximate surface area is 827 Å². The Morgan fingerprint density at radius 2 is 0.858 bits per heavy atom. The number of benzene rings is 4. The predicted octanol–water partition coefficient (Wildman–Crippen LogP) is 31.9. The van der Waals surface area contributed by atoms with Crippen LogP contribution >= 0.6 is 0 Å². The van der Waals surface area contributed by atoms with E-state index >= 15 is 0 Å². The van der Waals surface area contributed by atoms with Gasteiger partial charge >= 0.3 is 0 Å². The van der Waals surface area contributed by atoms with Crippen LogP contribution in [0.1, 0.15) is 399 Å². The maximum atomic E-state index is 5.99. The van der Waals surface area contributed by atoms with Crippen molar-refractivity contribution in [3.8, 4) is 0 Å². The summed E-state index contributed by atoms with van der Waals surface area (Å²) >= 11 is 0. The third-order valence-corrected chi connectivity index (χ3v) is 34.2. The van der Waals surface area contributed by atoms with Gasteiger partial charge in [0.05, 0.1) is 31.0 Å². The maximum absolute atomic E-state index is 5.99. The topological polar surface area (TPSA) is 102 Å². The molecule has 15 unspecified atom stereocenters. The Balaban J connectivity index is 0.000000227. The summed E-state index contributed by atoms with van der Waals surface area (Å²) in [5.74, 6) is 10.4. The van der Waals surface area contributed by atoms with Crippen molar-refractivity contribution in [1.29, 1.82) is 0 Å². The Kier molecular flexibility index (Phi) is 53.5. The van der Waals surface area contributed by atoms with Gasteiger partial charge in [-0.3, -0.25) is 0 Å². The van der Waals surface area contributed by atoms with E-state index < -0.39 is 0 Å². The monoisotopic (exact) mass is 1870 g/mol. The van der Waals surface area contributed by atoms with Crippen LogP contribution in [0.2, 0.25) is 0 Å². The van der Waals surface area contributed by atoms with Gasteiger partial charge in [-0.05, 0) is 396 Å². The summed E-state index contributed by atoms with van der Waals surface area (Å²) in [6.07, 6.45) is 37.0. The zero-order chi connectivity index (χ0) is 98.8. The lowest BCUT2D eigenvalue weighted by Crippen LogP contribution is -2.53. The van der Waals surface area contributed by atoms with Gasteiger partial charge in [0.15, 0.2) is 0 Å². The molecule has 0 saturated heterocycles. The normalized spacial score (nSPS) is 27.8. The average Bonchev–Trinajstić information content (AvgIpc) is 1.52. The molecule has 8 bridgehead atoms. The van der Waals surface area contributed by atoms with Crippen molar-refractivity contribution in [2.24, 2.45) is 108 Å². The molecule has 0 amide bonds. The van der Waals surface area contributed by atoms with Gasteiger partial charge in [-0.2, -0.15) is 0 Å². The Bertz CT molecular complexity index is 3710. The van der Waals surface area contributed by atoms with Crippen LogP contribution in [-0.4, -0.2) is 137 Å². The summed E-state index contributed by atoms with van der Waals surface area (Å²) in [6.45, 7) is 83.3. The first-order valence-electron chi connectivity index (χ1n) is 55.6. The molecule has 0 heterocycles. The standard InChI is InChI=1S/C13H24O.2C13H18O.3C12H22O.2C12H16O.C9H20O.C8H18O.C7H16O/c1-6-14-11-9-7-8-10(12(9,2)3)13(11,4)5;1-2-14-10-12-8-5-7-11-6-3-4-9-13(11)12;1-2-14-10-11-7-8-12-5-3-4-6-13(12)9-11;1-5-13-10-11(2,3)9-6-7-12(10,4)8-9;1-4-13-8-9-5-10-7-11(6-9)12(10,2)3;1-4-13-8-9-5-6-10-7-11(9)12(10,2)3;1-2-13-12-9-5-7-10-6-3-4-8-11(10)12;1-2-13-12-8-7-10-5-3-4-6-11(10)9-12;1-5-9(3,4)7-8-10-6-2;1-5-9-7-6-8(2,3)4;1-4-8-6-5-7(2)3/h9-11H,6-8H2,1-5H3;3-4,6,9,12H,2,5,7-8,10H2,1H3;3-6,11H,2,7-10H2,1H3;9-10H,5-8H2,1-4H3;2*9-11H,4-8H2,1-3H3;3-4,6,8,12H,2,5,7,9H2,1H3;3-6,12H,2,7-9H2,1H3;5-8H2,1-4H3;5-7H2,1-4H3;7H,4-6H2,1-3H3. The van der Waals surface area contributed by atoms with Crippen molar-refractivity contribution < 1.29 is 52.1 Å². The van der Waals surface area contributed by atoms with E-state index in [1.165, 1.54) is 199 Å². The molecule has 10 saturated carbocycles. The lowest BCUT2D eigenvalue weighted by atomic mass is 9.46. The molecule has 0 spiro atoms. The van der Waals surface area contributed by atoms with Gasteiger partial charge in [0.1, 0.15) is 0 Å². The molecular formula is C123H212O11. The number of hydrogen-bond donors (Lipinski definition) is 0. The van der Waals surface area contributed by atoms with E-state index in [2.05, 4.69) is 284 Å². The molecule has 15 atom stereocenters. The Morgan fingerprint density at radius 1 is 0.358 bits per heavy atom. The van der Waals surface area contributed by atoms with E-state index in [0.717, 1.165) is 197 Å². The highest BCUT2D eigenvalue weighted by Gasteiger charge is 2.64. The summed E-state index contributed by atoms with van der Waals surface area (Å²) in [5, 5.41) is 0. The van der Waals surface area contributed by atoms with E-state index in [0.29, 0.717) is 73.7 Å². The summed E-state index contributed by atoms with van der Waals surface area (Å²) in [4.78, 5) is 0. The molecule has 18 rings (SSSR count). The summed E-state index contributed by atoms with van der Waals surface area (Å²) in [5.41, 5.74) is 16.0. The molecule has 134 heavy (non-hydrogen) atoms. The van der Waals surface area contributed by atoms with E-state index in [1.54, 1.807) is 5.56 Å². The molecule has 770 valence electrons. The molecular weight excluding hydrogens is 1650 g/mol. The zero-order valence-electron chi connectivity index (χ0n) is 92.8. The Hall–Kier alpha value is -3.56. The number of aryl methyl sites for hydroxylation is 4. The SMILES string of the molecule is CCOC1C2(C)CCC(C2)C1(C)C.CCOC1C2CCC(C2(C)C)C1(C)C.CCOC1CCCc2ccccc21.CCOC1CCc2ccccc2C1.CCOCC1CC2CC(C1)C2(C)C.CCOCC1CCC2CC1C2(C)C.CCOCC1CCCc2ccccc21.CCOCC1CCc2ccccc2C1.CCOCCC(C)(C)C.CCOCCC(C)(C)CC.CCOCCC(C)C. The van der Waals surface area contributed by atoms with Gasteiger partial charge < -0.3 is 52.1 Å². The van der Waals surface area contributed by atoms with Crippen LogP contribution in [0.3, 0.4) is 0 Å². The van der Waals surface area contributed by atoms with Crippen LogP contribution in [-0.2, 0) is 90.6 Å². The van der Waals surface area contributed by atoms with Crippen molar-refractivity contribution in [3.63, 3.8) is 0 Å². The summed E-state index contributed by atoms with van der Waals surface area (Å²) in [6, 6.07) is 34.9. The van der Waals surface area contributed by atoms with Crippen LogP contribution in [0.5, 0.6) is 0 Å².